The van der Waals surface area contributed by atoms with Crippen LogP contribution in [0.5, 0.6) is 5.75 Å². The quantitative estimate of drug-likeness (QED) is 0.427. The fourth-order valence-electron chi connectivity index (χ4n) is 3.86. The molecule has 1 amide bonds. The van der Waals surface area contributed by atoms with E-state index in [0.29, 0.717) is 11.3 Å². The van der Waals surface area contributed by atoms with Crippen molar-refractivity contribution in [1.82, 2.24) is 19.4 Å². The summed E-state index contributed by atoms with van der Waals surface area (Å²) >= 11 is 0. The van der Waals surface area contributed by atoms with Crippen LogP contribution >= 0.6 is 0 Å². The van der Waals surface area contributed by atoms with Crippen LogP contribution in [0.4, 0.5) is 8.78 Å². The highest BCUT2D eigenvalue weighted by molar-refractivity contribution is 5.96. The molecule has 4 rings (SSSR count). The zero-order chi connectivity index (χ0) is 23.7. The SMILES string of the molecule is COc1cc(/C=C2\O[C@@H](C)CN([C@@H](C)c3ccnc(F)c3F)C2=O)ccc1-n1cnc(C)c1. The fraction of sp³-hybridized carbons (Fsp3) is 0.292. The Morgan fingerprint density at radius 2 is 2.06 bits per heavy atom. The number of amides is 1. The maximum atomic E-state index is 14.3. The van der Waals surface area contributed by atoms with E-state index >= 15 is 0 Å². The molecule has 0 aliphatic carbocycles. The normalized spacial score (nSPS) is 18.4. The van der Waals surface area contributed by atoms with E-state index in [2.05, 4.69) is 9.97 Å². The lowest BCUT2D eigenvalue weighted by atomic mass is 10.1. The number of ether oxygens (including phenoxy) is 2. The van der Waals surface area contributed by atoms with E-state index in [-0.39, 0.29) is 24.0 Å². The van der Waals surface area contributed by atoms with Gasteiger partial charge in [0.25, 0.3) is 5.91 Å². The molecule has 1 aliphatic rings. The molecule has 1 aromatic carbocycles. The van der Waals surface area contributed by atoms with Crippen LogP contribution in [0.2, 0.25) is 0 Å². The Morgan fingerprint density at radius 1 is 1.27 bits per heavy atom. The molecule has 0 unspecified atom stereocenters. The van der Waals surface area contributed by atoms with Gasteiger partial charge in [0.05, 0.1) is 37.4 Å². The van der Waals surface area contributed by atoms with Crippen LogP contribution < -0.4 is 4.74 Å². The third kappa shape index (κ3) is 4.44. The van der Waals surface area contributed by atoms with E-state index in [1.165, 1.54) is 17.2 Å². The van der Waals surface area contributed by atoms with Crippen molar-refractivity contribution in [3.05, 3.63) is 77.3 Å². The summed E-state index contributed by atoms with van der Waals surface area (Å²) in [7, 11) is 1.57. The summed E-state index contributed by atoms with van der Waals surface area (Å²) < 4.78 is 41.1. The third-order valence-electron chi connectivity index (χ3n) is 5.54. The number of aromatic nitrogens is 3. The Labute approximate surface area is 190 Å². The smallest absolute Gasteiger partial charge is 0.289 e. The summed E-state index contributed by atoms with van der Waals surface area (Å²) in [5.41, 5.74) is 2.43. The number of carbonyl (C=O) groups is 1. The van der Waals surface area contributed by atoms with Gasteiger partial charge in [0.15, 0.2) is 11.6 Å². The molecule has 0 bridgehead atoms. The van der Waals surface area contributed by atoms with Gasteiger partial charge < -0.3 is 18.9 Å². The first-order chi connectivity index (χ1) is 15.8. The zero-order valence-corrected chi connectivity index (χ0v) is 18.8. The van der Waals surface area contributed by atoms with Gasteiger partial charge in [-0.25, -0.2) is 14.4 Å². The number of carbonyl (C=O) groups excluding carboxylic acids is 1. The van der Waals surface area contributed by atoms with Crippen molar-refractivity contribution in [3.8, 4) is 11.4 Å². The molecular formula is C24H24F2N4O3. The van der Waals surface area contributed by atoms with Crippen LogP contribution in [0.3, 0.4) is 0 Å². The first kappa shape index (κ1) is 22.4. The van der Waals surface area contributed by atoms with Gasteiger partial charge in [0.2, 0.25) is 5.95 Å². The Morgan fingerprint density at radius 3 is 2.76 bits per heavy atom. The third-order valence-corrected chi connectivity index (χ3v) is 5.54. The van der Waals surface area contributed by atoms with Gasteiger partial charge in [-0.1, -0.05) is 6.07 Å². The number of hydrogen-bond donors (Lipinski definition) is 0. The molecule has 1 aliphatic heterocycles. The van der Waals surface area contributed by atoms with E-state index in [0.717, 1.165) is 11.4 Å². The minimum atomic E-state index is -1.19. The van der Waals surface area contributed by atoms with Crippen LogP contribution in [0.1, 0.15) is 36.7 Å². The summed E-state index contributed by atoms with van der Waals surface area (Å²) in [6, 6.07) is 6.16. The average Bonchev–Trinajstić information content (AvgIpc) is 3.23. The predicted molar refractivity (Wildman–Crippen MR) is 118 cm³/mol. The van der Waals surface area contributed by atoms with Gasteiger partial charge in [-0.3, -0.25) is 4.79 Å². The Hall–Kier alpha value is -3.75. The highest BCUT2D eigenvalue weighted by Crippen LogP contribution is 2.31. The van der Waals surface area contributed by atoms with Crippen molar-refractivity contribution < 1.29 is 23.0 Å². The van der Waals surface area contributed by atoms with Gasteiger partial charge in [-0.05, 0) is 50.6 Å². The number of pyridine rings is 1. The van der Waals surface area contributed by atoms with Crippen molar-refractivity contribution in [3.63, 3.8) is 0 Å². The number of halogens is 2. The Bertz CT molecular complexity index is 1220. The predicted octanol–water partition coefficient (Wildman–Crippen LogP) is 4.21. The average molecular weight is 454 g/mol. The number of methoxy groups -OCH3 is 1. The van der Waals surface area contributed by atoms with Crippen molar-refractivity contribution in [2.24, 2.45) is 0 Å². The molecule has 33 heavy (non-hydrogen) atoms. The summed E-state index contributed by atoms with van der Waals surface area (Å²) in [6.45, 7) is 5.60. The largest absolute Gasteiger partial charge is 0.495 e. The van der Waals surface area contributed by atoms with E-state index in [1.54, 1.807) is 32.5 Å². The Balaban J connectivity index is 1.65. The maximum Gasteiger partial charge on any atom is 0.289 e. The Kier molecular flexibility index (Phi) is 6.13. The fourth-order valence-corrected chi connectivity index (χ4v) is 3.86. The lowest BCUT2D eigenvalue weighted by Gasteiger charge is -2.37. The van der Waals surface area contributed by atoms with Crippen LogP contribution in [-0.4, -0.2) is 45.1 Å². The molecule has 172 valence electrons. The van der Waals surface area contributed by atoms with Gasteiger partial charge in [-0.2, -0.15) is 4.39 Å². The van der Waals surface area contributed by atoms with Gasteiger partial charge >= 0.3 is 0 Å². The topological polar surface area (TPSA) is 69.5 Å². The molecule has 2 aromatic heterocycles. The molecule has 1 saturated heterocycles. The molecule has 0 radical (unpaired) electrons. The molecule has 0 saturated carbocycles. The van der Waals surface area contributed by atoms with Crippen molar-refractivity contribution in [2.45, 2.75) is 32.9 Å². The van der Waals surface area contributed by atoms with Crippen LogP contribution in [-0.2, 0) is 9.53 Å². The minimum absolute atomic E-state index is 0.0611. The molecular weight excluding hydrogens is 430 g/mol. The summed E-state index contributed by atoms with van der Waals surface area (Å²) in [6.07, 6.45) is 6.05. The molecule has 9 heteroatoms. The molecule has 3 heterocycles. The number of imidazole rings is 1. The standard InChI is InChI=1S/C24H24F2N4O3/c1-14-11-29(13-28-14)19-6-5-17(9-20(19)32-4)10-21-24(31)30(12-15(2)33-21)16(3)18-7-8-27-23(26)22(18)25/h5-11,13,15-16H,12H2,1-4H3/b21-10-/t15-,16-/m0/s1. The minimum Gasteiger partial charge on any atom is -0.495 e. The summed E-state index contributed by atoms with van der Waals surface area (Å²) in [5.74, 6) is -1.95. The number of nitrogens with zero attached hydrogens (tertiary/aromatic N) is 4. The first-order valence-electron chi connectivity index (χ1n) is 10.5. The second kappa shape index (κ2) is 9.01. The van der Waals surface area contributed by atoms with Crippen molar-refractivity contribution in [2.75, 3.05) is 13.7 Å². The number of aryl methyl sites for hydroxylation is 1. The van der Waals surface area contributed by atoms with Crippen LogP contribution in [0.15, 0.2) is 48.7 Å². The van der Waals surface area contributed by atoms with Crippen LogP contribution in [0.25, 0.3) is 11.8 Å². The van der Waals surface area contributed by atoms with Crippen molar-refractivity contribution in [1.29, 1.82) is 0 Å². The highest BCUT2D eigenvalue weighted by atomic mass is 19.2. The molecule has 3 aromatic rings. The molecule has 0 spiro atoms. The van der Waals surface area contributed by atoms with E-state index < -0.39 is 23.7 Å². The second-order valence-electron chi connectivity index (χ2n) is 7.93. The van der Waals surface area contributed by atoms with E-state index in [9.17, 15) is 13.6 Å². The number of benzene rings is 1. The lowest BCUT2D eigenvalue weighted by molar-refractivity contribution is -0.141. The van der Waals surface area contributed by atoms with E-state index in [1.807, 2.05) is 36.7 Å². The number of hydrogen-bond acceptors (Lipinski definition) is 5. The number of morpholine rings is 1. The summed E-state index contributed by atoms with van der Waals surface area (Å²) in [5, 5.41) is 0. The first-order valence-corrected chi connectivity index (χ1v) is 10.5. The van der Waals surface area contributed by atoms with Crippen LogP contribution in [0, 0.1) is 18.7 Å². The van der Waals surface area contributed by atoms with Gasteiger partial charge in [0, 0.05) is 18.0 Å². The van der Waals surface area contributed by atoms with E-state index in [4.69, 9.17) is 9.47 Å². The monoisotopic (exact) mass is 454 g/mol. The molecule has 1 fully saturated rings. The molecule has 7 nitrogen and oxygen atoms in total. The van der Waals surface area contributed by atoms with Gasteiger partial charge in [-0.15, -0.1) is 0 Å². The number of rotatable bonds is 5. The summed E-state index contributed by atoms with van der Waals surface area (Å²) in [4.78, 5) is 22.2. The molecule has 2 atom stereocenters. The van der Waals surface area contributed by atoms with Gasteiger partial charge in [0.1, 0.15) is 11.9 Å². The highest BCUT2D eigenvalue weighted by Gasteiger charge is 2.34. The van der Waals surface area contributed by atoms with Crippen molar-refractivity contribution >= 4 is 12.0 Å². The molecule has 0 N–H and O–H groups in total. The zero-order valence-electron chi connectivity index (χ0n) is 18.8. The lowest BCUT2D eigenvalue weighted by Crippen LogP contribution is -2.45. The maximum absolute atomic E-state index is 14.3. The second-order valence-corrected chi connectivity index (χ2v) is 7.93.